The quantitative estimate of drug-likeness (QED) is 0.839. The van der Waals surface area contributed by atoms with E-state index >= 15 is 0 Å². The molecule has 0 amide bonds. The topological polar surface area (TPSA) is 40.9 Å². The van der Waals surface area contributed by atoms with Crippen molar-refractivity contribution < 1.29 is 13.6 Å². The van der Waals surface area contributed by atoms with Gasteiger partial charge in [0.05, 0.1) is 6.07 Å². The summed E-state index contributed by atoms with van der Waals surface area (Å²) in [6.45, 7) is 0. The lowest BCUT2D eigenvalue weighted by Gasteiger charge is -2.15. The van der Waals surface area contributed by atoms with E-state index in [9.17, 15) is 18.8 Å². The third kappa shape index (κ3) is 3.01. The molecule has 1 aromatic rings. The maximum atomic E-state index is 13.2. The molecule has 19 heavy (non-hydrogen) atoms. The zero-order chi connectivity index (χ0) is 14.0. The number of halogens is 3. The number of hydrogen-bond donors (Lipinski definition) is 0. The first-order valence-electron chi connectivity index (χ1n) is 6.00. The highest BCUT2D eigenvalue weighted by molar-refractivity contribution is 9.10. The van der Waals surface area contributed by atoms with Crippen LogP contribution in [-0.4, -0.2) is 11.7 Å². The number of carbonyl (C=O) groups is 1. The number of benzene rings is 1. The van der Waals surface area contributed by atoms with Crippen LogP contribution in [0.1, 0.15) is 30.7 Å². The van der Waals surface area contributed by atoms with Crippen LogP contribution in [0.2, 0.25) is 0 Å². The summed E-state index contributed by atoms with van der Waals surface area (Å²) < 4.78 is 27.0. The fourth-order valence-electron chi connectivity index (χ4n) is 2.42. The van der Waals surface area contributed by atoms with E-state index in [2.05, 4.69) is 15.9 Å². The molecule has 2 nitrogen and oxygen atoms in total. The molecule has 0 aromatic heterocycles. The second-order valence-electron chi connectivity index (χ2n) is 4.78. The first kappa shape index (κ1) is 14.1. The van der Waals surface area contributed by atoms with Crippen LogP contribution in [0.3, 0.4) is 0 Å². The lowest BCUT2D eigenvalue weighted by Crippen LogP contribution is -2.21. The molecule has 2 rings (SSSR count). The minimum absolute atomic E-state index is 0.161. The van der Waals surface area contributed by atoms with Crippen molar-refractivity contribution >= 4 is 21.7 Å². The van der Waals surface area contributed by atoms with E-state index in [-0.39, 0.29) is 12.8 Å². The molecule has 0 saturated heterocycles. The third-order valence-corrected chi connectivity index (χ3v) is 4.16. The highest BCUT2D eigenvalue weighted by Gasteiger charge is 2.44. The summed E-state index contributed by atoms with van der Waals surface area (Å²) in [4.78, 5) is 12.2. The maximum Gasteiger partial charge on any atom is 0.248 e. The molecule has 0 heterocycles. The van der Waals surface area contributed by atoms with Gasteiger partial charge in [-0.2, -0.15) is 5.26 Å². The van der Waals surface area contributed by atoms with Gasteiger partial charge in [0, 0.05) is 23.2 Å². The average Bonchev–Trinajstić information content (AvgIpc) is 2.73. The number of rotatable bonds is 3. The number of nitrogens with zero attached hydrogens (tertiary/aromatic N) is 1. The lowest BCUT2D eigenvalue weighted by atomic mass is 9.87. The zero-order valence-electron chi connectivity index (χ0n) is 10.1. The number of carbonyl (C=O) groups excluding carboxylic acids is 1. The molecule has 0 bridgehead atoms. The van der Waals surface area contributed by atoms with Crippen LogP contribution in [0.5, 0.6) is 0 Å². The van der Waals surface area contributed by atoms with Gasteiger partial charge in [-0.1, -0.05) is 34.1 Å². The zero-order valence-corrected chi connectivity index (χ0v) is 11.7. The first-order valence-corrected chi connectivity index (χ1v) is 6.79. The van der Waals surface area contributed by atoms with Crippen LogP contribution in [0, 0.1) is 17.2 Å². The Kier molecular flexibility index (Phi) is 4.00. The van der Waals surface area contributed by atoms with Gasteiger partial charge in [0.1, 0.15) is 5.92 Å². The molecule has 2 unspecified atom stereocenters. The van der Waals surface area contributed by atoms with Gasteiger partial charge < -0.3 is 0 Å². The number of ketones is 1. The second-order valence-corrected chi connectivity index (χ2v) is 5.64. The Morgan fingerprint density at radius 1 is 1.47 bits per heavy atom. The summed E-state index contributed by atoms with van der Waals surface area (Å²) in [6, 6.07) is 8.84. The first-order chi connectivity index (χ1) is 8.94. The molecule has 5 heteroatoms. The Hall–Kier alpha value is -1.28. The number of hydrogen-bond acceptors (Lipinski definition) is 2. The normalized spacial score (nSPS) is 22.7. The molecule has 0 aliphatic heterocycles. The average molecular weight is 328 g/mol. The standard InChI is InChI=1S/C14H12BrF2NO/c15-12-4-2-1-3-10(12)11(8-18)13(19)9-5-6-14(16,17)7-9/h1-4,9,11H,5-7H2. The van der Waals surface area contributed by atoms with Gasteiger partial charge in [-0.3, -0.25) is 4.79 Å². The number of nitriles is 1. The van der Waals surface area contributed by atoms with Gasteiger partial charge in [-0.15, -0.1) is 0 Å². The minimum atomic E-state index is -2.77. The van der Waals surface area contributed by atoms with E-state index in [1.54, 1.807) is 24.3 Å². The van der Waals surface area contributed by atoms with Crippen molar-refractivity contribution in [1.29, 1.82) is 5.26 Å². The fourth-order valence-corrected chi connectivity index (χ4v) is 2.94. The summed E-state index contributed by atoms with van der Waals surface area (Å²) in [5.74, 6) is -4.86. The molecule has 1 aromatic carbocycles. The molecule has 1 aliphatic rings. The lowest BCUT2D eigenvalue weighted by molar-refractivity contribution is -0.124. The summed E-state index contributed by atoms with van der Waals surface area (Å²) in [6.07, 6.45) is -0.541. The molecule has 1 fully saturated rings. The van der Waals surface area contributed by atoms with Crippen molar-refractivity contribution in [3.63, 3.8) is 0 Å². The molecule has 0 N–H and O–H groups in total. The van der Waals surface area contributed by atoms with Crippen molar-refractivity contribution in [3.8, 4) is 6.07 Å². The van der Waals surface area contributed by atoms with Gasteiger partial charge in [-0.25, -0.2) is 8.78 Å². The van der Waals surface area contributed by atoms with Crippen LogP contribution >= 0.6 is 15.9 Å². The van der Waals surface area contributed by atoms with Crippen molar-refractivity contribution in [1.82, 2.24) is 0 Å². The predicted octanol–water partition coefficient (Wildman–Crippen LogP) is 4.06. The smallest absolute Gasteiger partial charge is 0.248 e. The van der Waals surface area contributed by atoms with E-state index in [4.69, 9.17) is 0 Å². The third-order valence-electron chi connectivity index (χ3n) is 3.44. The molecular formula is C14H12BrF2NO. The Balaban J connectivity index is 2.22. The van der Waals surface area contributed by atoms with E-state index in [0.29, 0.717) is 10.0 Å². The van der Waals surface area contributed by atoms with Gasteiger partial charge in [-0.05, 0) is 18.1 Å². The second kappa shape index (κ2) is 5.38. The fraction of sp³-hybridized carbons (Fsp3) is 0.429. The largest absolute Gasteiger partial charge is 0.298 e. The van der Waals surface area contributed by atoms with Crippen LogP contribution in [0.15, 0.2) is 28.7 Å². The monoisotopic (exact) mass is 327 g/mol. The highest BCUT2D eigenvalue weighted by atomic mass is 79.9. The van der Waals surface area contributed by atoms with E-state index in [1.165, 1.54) is 0 Å². The Morgan fingerprint density at radius 2 is 2.16 bits per heavy atom. The summed E-state index contributed by atoms with van der Waals surface area (Å²) in [7, 11) is 0. The van der Waals surface area contributed by atoms with Gasteiger partial charge in [0.15, 0.2) is 5.78 Å². The Labute approximate surface area is 118 Å². The van der Waals surface area contributed by atoms with Crippen LogP contribution < -0.4 is 0 Å². The van der Waals surface area contributed by atoms with Crippen molar-refractivity contribution in [3.05, 3.63) is 34.3 Å². The Bertz CT molecular complexity index is 538. The molecule has 1 saturated carbocycles. The molecular weight excluding hydrogens is 316 g/mol. The van der Waals surface area contributed by atoms with Crippen LogP contribution in [0.25, 0.3) is 0 Å². The SMILES string of the molecule is N#CC(C(=O)C1CCC(F)(F)C1)c1ccccc1Br. The van der Waals surface area contributed by atoms with Crippen molar-refractivity contribution in [2.24, 2.45) is 5.92 Å². The summed E-state index contributed by atoms with van der Waals surface area (Å²) >= 11 is 3.29. The number of Topliss-reactive ketones (excluding diaryl/α,β-unsaturated/α-hetero) is 1. The highest BCUT2D eigenvalue weighted by Crippen LogP contribution is 2.41. The molecule has 1 aliphatic carbocycles. The maximum absolute atomic E-state index is 13.2. The summed E-state index contributed by atoms with van der Waals surface area (Å²) in [5, 5.41) is 9.19. The van der Waals surface area contributed by atoms with E-state index < -0.39 is 30.0 Å². The predicted molar refractivity (Wildman–Crippen MR) is 69.8 cm³/mol. The van der Waals surface area contributed by atoms with Gasteiger partial charge >= 0.3 is 0 Å². The molecule has 2 atom stereocenters. The van der Waals surface area contributed by atoms with Gasteiger partial charge in [0.2, 0.25) is 5.92 Å². The molecule has 0 spiro atoms. The van der Waals surface area contributed by atoms with E-state index in [1.807, 2.05) is 6.07 Å². The van der Waals surface area contributed by atoms with E-state index in [0.717, 1.165) is 0 Å². The Morgan fingerprint density at radius 3 is 2.68 bits per heavy atom. The van der Waals surface area contributed by atoms with Crippen molar-refractivity contribution in [2.75, 3.05) is 0 Å². The van der Waals surface area contributed by atoms with Crippen LogP contribution in [-0.2, 0) is 4.79 Å². The molecule has 0 radical (unpaired) electrons. The number of alkyl halides is 2. The van der Waals surface area contributed by atoms with Gasteiger partial charge in [0.25, 0.3) is 0 Å². The van der Waals surface area contributed by atoms with Crippen LogP contribution in [0.4, 0.5) is 8.78 Å². The summed E-state index contributed by atoms with van der Waals surface area (Å²) in [5.41, 5.74) is 0.546. The minimum Gasteiger partial charge on any atom is -0.298 e. The molecule has 100 valence electrons. The van der Waals surface area contributed by atoms with Crippen molar-refractivity contribution in [2.45, 2.75) is 31.1 Å².